The van der Waals surface area contributed by atoms with Crippen molar-refractivity contribution in [1.82, 2.24) is 4.98 Å². The lowest BCUT2D eigenvalue weighted by Gasteiger charge is -2.25. The molecule has 0 aliphatic carbocycles. The van der Waals surface area contributed by atoms with Gasteiger partial charge in [0.2, 0.25) is 0 Å². The summed E-state index contributed by atoms with van der Waals surface area (Å²) in [5.74, 6) is 0.825. The molecule has 0 spiro atoms. The molecule has 0 radical (unpaired) electrons. The normalized spacial score (nSPS) is 12.0. The van der Waals surface area contributed by atoms with E-state index >= 15 is 0 Å². The van der Waals surface area contributed by atoms with Crippen LogP contribution in [0.5, 0.6) is 5.75 Å². The lowest BCUT2D eigenvalue weighted by Crippen LogP contribution is -2.23. The number of hydrogen-bond acceptors (Lipinski definition) is 2. The van der Waals surface area contributed by atoms with E-state index < -0.39 is 0 Å². The topological polar surface area (TPSA) is 45.2 Å². The summed E-state index contributed by atoms with van der Waals surface area (Å²) >= 11 is 0. The van der Waals surface area contributed by atoms with Crippen LogP contribution in [0.15, 0.2) is 24.4 Å². The van der Waals surface area contributed by atoms with Crippen molar-refractivity contribution in [1.29, 1.82) is 0 Å². The highest BCUT2D eigenvalue weighted by molar-refractivity contribution is 5.86. The maximum atomic E-state index is 9.50. The van der Waals surface area contributed by atoms with Crippen LogP contribution in [0.4, 0.5) is 0 Å². The predicted octanol–water partition coefficient (Wildman–Crippen LogP) is 2.45. The van der Waals surface area contributed by atoms with Crippen molar-refractivity contribution in [3.63, 3.8) is 0 Å². The molecular weight excluding hydrogens is 202 g/mol. The van der Waals surface area contributed by atoms with Gasteiger partial charge < -0.3 is 14.8 Å². The molecule has 0 saturated heterocycles. The number of hydrogen-bond donors (Lipinski definition) is 2. The molecule has 0 atom stereocenters. The van der Waals surface area contributed by atoms with Gasteiger partial charge in [0.25, 0.3) is 0 Å². The van der Waals surface area contributed by atoms with E-state index in [0.717, 1.165) is 22.2 Å². The molecule has 0 unspecified atom stereocenters. The number of H-pyrrole nitrogens is 1. The second-order valence-electron chi connectivity index (χ2n) is 4.62. The van der Waals surface area contributed by atoms with Crippen LogP contribution in [0.1, 0.15) is 19.4 Å². The Kier molecular flexibility index (Phi) is 2.64. The lowest BCUT2D eigenvalue weighted by molar-refractivity contribution is 0.216. The van der Waals surface area contributed by atoms with E-state index in [1.54, 1.807) is 7.11 Å². The van der Waals surface area contributed by atoms with Crippen LogP contribution in [0, 0.1) is 0 Å². The Morgan fingerprint density at radius 3 is 2.69 bits per heavy atom. The third-order valence-corrected chi connectivity index (χ3v) is 2.99. The zero-order chi connectivity index (χ0) is 11.8. The Hall–Kier alpha value is -1.48. The minimum atomic E-state index is -0.312. The van der Waals surface area contributed by atoms with E-state index in [1.807, 2.05) is 38.2 Å². The summed E-state index contributed by atoms with van der Waals surface area (Å²) in [6.07, 6.45) is 1.90. The second kappa shape index (κ2) is 3.83. The first-order valence-electron chi connectivity index (χ1n) is 5.35. The van der Waals surface area contributed by atoms with Crippen molar-refractivity contribution in [3.8, 4) is 5.75 Å². The fourth-order valence-corrected chi connectivity index (χ4v) is 2.06. The van der Waals surface area contributed by atoms with Crippen LogP contribution in [-0.2, 0) is 5.41 Å². The van der Waals surface area contributed by atoms with Gasteiger partial charge in [-0.25, -0.2) is 0 Å². The van der Waals surface area contributed by atoms with Gasteiger partial charge in [0.05, 0.1) is 13.7 Å². The molecule has 0 fully saturated rings. The molecule has 0 bridgehead atoms. The number of benzene rings is 1. The van der Waals surface area contributed by atoms with Crippen molar-refractivity contribution in [2.45, 2.75) is 19.3 Å². The Labute approximate surface area is 95.1 Å². The van der Waals surface area contributed by atoms with E-state index in [2.05, 4.69) is 4.98 Å². The molecule has 3 heteroatoms. The highest BCUT2D eigenvalue weighted by atomic mass is 16.5. The largest absolute Gasteiger partial charge is 0.496 e. The van der Waals surface area contributed by atoms with E-state index in [-0.39, 0.29) is 12.0 Å². The number of rotatable bonds is 3. The summed E-state index contributed by atoms with van der Waals surface area (Å²) in [5, 5.41) is 10.6. The van der Waals surface area contributed by atoms with Gasteiger partial charge in [-0.1, -0.05) is 13.8 Å². The average Bonchev–Trinajstić information content (AvgIpc) is 2.75. The van der Waals surface area contributed by atoms with Crippen molar-refractivity contribution in [2.75, 3.05) is 13.7 Å². The van der Waals surface area contributed by atoms with Crippen LogP contribution < -0.4 is 4.74 Å². The number of ether oxygens (including phenoxy) is 1. The zero-order valence-corrected chi connectivity index (χ0v) is 9.87. The molecule has 2 N–H and O–H groups in total. The molecule has 1 aromatic carbocycles. The number of aromatic nitrogens is 1. The fraction of sp³-hybridized carbons (Fsp3) is 0.385. The van der Waals surface area contributed by atoms with Crippen LogP contribution in [0.25, 0.3) is 10.9 Å². The second-order valence-corrected chi connectivity index (χ2v) is 4.62. The van der Waals surface area contributed by atoms with E-state index in [0.29, 0.717) is 0 Å². The number of aromatic amines is 1. The Morgan fingerprint density at radius 1 is 1.31 bits per heavy atom. The monoisotopic (exact) mass is 219 g/mol. The van der Waals surface area contributed by atoms with E-state index in [1.165, 1.54) is 0 Å². The Morgan fingerprint density at radius 2 is 2.06 bits per heavy atom. The van der Waals surface area contributed by atoms with E-state index in [9.17, 15) is 5.11 Å². The highest BCUT2D eigenvalue weighted by Crippen LogP contribution is 2.37. The van der Waals surface area contributed by atoms with Gasteiger partial charge in [-0.05, 0) is 18.2 Å². The molecule has 0 aliphatic rings. The summed E-state index contributed by atoms with van der Waals surface area (Å²) in [4.78, 5) is 3.17. The Balaban J connectivity index is 2.76. The van der Waals surface area contributed by atoms with Crippen LogP contribution in [0.3, 0.4) is 0 Å². The number of fused-ring (bicyclic) bond motifs is 1. The molecular formula is C13H17NO2. The van der Waals surface area contributed by atoms with Crippen LogP contribution in [-0.4, -0.2) is 23.8 Å². The first-order chi connectivity index (χ1) is 7.60. The molecule has 1 heterocycles. The number of aliphatic hydroxyl groups excluding tert-OH is 1. The minimum absolute atomic E-state index is 0.0909. The van der Waals surface area contributed by atoms with Crippen molar-refractivity contribution < 1.29 is 9.84 Å². The average molecular weight is 219 g/mol. The van der Waals surface area contributed by atoms with Gasteiger partial charge in [-0.15, -0.1) is 0 Å². The van der Waals surface area contributed by atoms with Crippen LogP contribution in [0.2, 0.25) is 0 Å². The SMILES string of the molecule is COc1ccc2[nH]ccc2c1C(C)(C)CO. The molecule has 3 nitrogen and oxygen atoms in total. The van der Waals surface area contributed by atoms with Gasteiger partial charge in [-0.3, -0.25) is 0 Å². The molecule has 2 aromatic rings. The summed E-state index contributed by atoms with van der Waals surface area (Å²) in [6, 6.07) is 5.95. The standard InChI is InChI=1S/C13H17NO2/c1-13(2,8-15)12-9-6-7-14-10(9)4-5-11(12)16-3/h4-7,14-15H,8H2,1-3H3. The lowest BCUT2D eigenvalue weighted by atomic mass is 9.83. The highest BCUT2D eigenvalue weighted by Gasteiger charge is 2.26. The first-order valence-corrected chi connectivity index (χ1v) is 5.35. The number of nitrogens with one attached hydrogen (secondary N) is 1. The summed E-state index contributed by atoms with van der Waals surface area (Å²) in [6.45, 7) is 4.11. The van der Waals surface area contributed by atoms with Crippen molar-refractivity contribution in [2.24, 2.45) is 0 Å². The minimum Gasteiger partial charge on any atom is -0.496 e. The van der Waals surface area contributed by atoms with Gasteiger partial charge >= 0.3 is 0 Å². The number of methoxy groups -OCH3 is 1. The fourth-order valence-electron chi connectivity index (χ4n) is 2.06. The third kappa shape index (κ3) is 1.57. The third-order valence-electron chi connectivity index (χ3n) is 2.99. The molecule has 86 valence electrons. The summed E-state index contributed by atoms with van der Waals surface area (Å²) in [7, 11) is 1.66. The smallest absolute Gasteiger partial charge is 0.123 e. The molecule has 2 rings (SSSR count). The maximum Gasteiger partial charge on any atom is 0.123 e. The Bertz CT molecular complexity index is 500. The first kappa shape index (κ1) is 11.0. The summed E-state index contributed by atoms with van der Waals surface area (Å²) < 4.78 is 5.39. The van der Waals surface area contributed by atoms with Gasteiger partial charge in [0, 0.05) is 28.1 Å². The molecule has 0 aliphatic heterocycles. The molecule has 0 amide bonds. The quantitative estimate of drug-likeness (QED) is 0.832. The van der Waals surface area contributed by atoms with Crippen molar-refractivity contribution in [3.05, 3.63) is 30.0 Å². The van der Waals surface area contributed by atoms with Gasteiger partial charge in [0.1, 0.15) is 5.75 Å². The molecule has 1 aromatic heterocycles. The van der Waals surface area contributed by atoms with Crippen LogP contribution >= 0.6 is 0 Å². The van der Waals surface area contributed by atoms with Gasteiger partial charge in [-0.2, -0.15) is 0 Å². The molecule has 16 heavy (non-hydrogen) atoms. The molecule has 0 saturated carbocycles. The number of aliphatic hydroxyl groups is 1. The maximum absolute atomic E-state index is 9.50. The predicted molar refractivity (Wildman–Crippen MR) is 65.0 cm³/mol. The summed E-state index contributed by atoms with van der Waals surface area (Å²) in [5.41, 5.74) is 1.81. The zero-order valence-electron chi connectivity index (χ0n) is 9.87. The van der Waals surface area contributed by atoms with Crippen molar-refractivity contribution >= 4 is 10.9 Å². The van der Waals surface area contributed by atoms with E-state index in [4.69, 9.17) is 4.74 Å². The van der Waals surface area contributed by atoms with Gasteiger partial charge in [0.15, 0.2) is 0 Å².